The van der Waals surface area contributed by atoms with Crippen LogP contribution in [-0.2, 0) is 6.54 Å². The number of hydroxylamine groups is 1. The third kappa shape index (κ3) is 4.93. The molecule has 7 nitrogen and oxygen atoms in total. The summed E-state index contributed by atoms with van der Waals surface area (Å²) in [5, 5.41) is 11.7. The number of amides is 2. The SMILES string of the molecule is O=C(NO)c1ccc(CN2c3ccccc3Sc3ccc(C(=O)Nc4ccc(Br)cn4)cc32)cc1. The van der Waals surface area contributed by atoms with Crippen LogP contribution in [0.3, 0.4) is 0 Å². The molecule has 2 heterocycles. The minimum absolute atomic E-state index is 0.245. The number of fused-ring (bicyclic) bond motifs is 2. The number of hydrogen-bond donors (Lipinski definition) is 3. The molecule has 3 N–H and O–H groups in total. The molecule has 0 spiro atoms. The highest BCUT2D eigenvalue weighted by Crippen LogP contribution is 2.48. The molecule has 5 rings (SSSR count). The van der Waals surface area contributed by atoms with Crippen LogP contribution in [0.25, 0.3) is 0 Å². The molecule has 0 fully saturated rings. The van der Waals surface area contributed by atoms with Crippen LogP contribution in [0.1, 0.15) is 26.3 Å². The van der Waals surface area contributed by atoms with Crippen molar-refractivity contribution in [2.45, 2.75) is 16.3 Å². The van der Waals surface area contributed by atoms with Crippen LogP contribution in [-0.4, -0.2) is 22.0 Å². The number of anilines is 3. The van der Waals surface area contributed by atoms with Gasteiger partial charge in [-0.25, -0.2) is 10.5 Å². The number of hydrogen-bond acceptors (Lipinski definition) is 6. The Balaban J connectivity index is 1.47. The van der Waals surface area contributed by atoms with Gasteiger partial charge in [-0.2, -0.15) is 0 Å². The Bertz CT molecular complexity index is 1410. The number of pyridine rings is 1. The molecule has 9 heteroatoms. The first-order valence-corrected chi connectivity index (χ1v) is 12.3. The number of nitrogens with one attached hydrogen (secondary N) is 2. The van der Waals surface area contributed by atoms with Crippen LogP contribution in [0.2, 0.25) is 0 Å². The Morgan fingerprint density at radius 2 is 1.63 bits per heavy atom. The van der Waals surface area contributed by atoms with Crippen molar-refractivity contribution in [2.24, 2.45) is 0 Å². The molecule has 1 aliphatic rings. The fourth-order valence-electron chi connectivity index (χ4n) is 3.79. The predicted molar refractivity (Wildman–Crippen MR) is 138 cm³/mol. The van der Waals surface area contributed by atoms with Gasteiger partial charge in [0.15, 0.2) is 0 Å². The second-order valence-electron chi connectivity index (χ2n) is 7.79. The molecule has 174 valence electrons. The molecular weight excluding hydrogens is 528 g/mol. The van der Waals surface area contributed by atoms with Gasteiger partial charge in [0.25, 0.3) is 11.8 Å². The molecule has 0 saturated carbocycles. The van der Waals surface area contributed by atoms with E-state index in [1.54, 1.807) is 41.6 Å². The molecule has 1 aromatic heterocycles. The number of para-hydroxylation sites is 1. The van der Waals surface area contributed by atoms with Gasteiger partial charge in [-0.3, -0.25) is 14.8 Å². The second-order valence-corrected chi connectivity index (χ2v) is 9.79. The lowest BCUT2D eigenvalue weighted by molar-refractivity contribution is 0.0706. The largest absolute Gasteiger partial charge is 0.335 e. The van der Waals surface area contributed by atoms with Gasteiger partial charge in [0, 0.05) is 38.1 Å². The lowest BCUT2D eigenvalue weighted by Crippen LogP contribution is -2.22. The Morgan fingerprint density at radius 1 is 0.886 bits per heavy atom. The molecule has 0 radical (unpaired) electrons. The first-order valence-electron chi connectivity index (χ1n) is 10.7. The lowest BCUT2D eigenvalue weighted by Gasteiger charge is -2.33. The van der Waals surface area contributed by atoms with E-state index in [1.807, 2.05) is 48.5 Å². The zero-order valence-corrected chi connectivity index (χ0v) is 20.6. The van der Waals surface area contributed by atoms with E-state index in [2.05, 4.69) is 43.3 Å². The van der Waals surface area contributed by atoms with Crippen molar-refractivity contribution in [1.29, 1.82) is 0 Å². The van der Waals surface area contributed by atoms with E-state index in [-0.39, 0.29) is 5.91 Å². The maximum absolute atomic E-state index is 13.0. The van der Waals surface area contributed by atoms with Gasteiger partial charge in [-0.15, -0.1) is 0 Å². The van der Waals surface area contributed by atoms with E-state index < -0.39 is 5.91 Å². The molecule has 0 aliphatic carbocycles. The summed E-state index contributed by atoms with van der Waals surface area (Å²) in [4.78, 5) is 33.2. The number of nitrogens with zero attached hydrogens (tertiary/aromatic N) is 2. The monoisotopic (exact) mass is 546 g/mol. The van der Waals surface area contributed by atoms with Crippen LogP contribution >= 0.6 is 27.7 Å². The first kappa shape index (κ1) is 23.1. The minimum atomic E-state index is -0.558. The second kappa shape index (κ2) is 9.91. The lowest BCUT2D eigenvalue weighted by atomic mass is 10.1. The molecule has 35 heavy (non-hydrogen) atoms. The average Bonchev–Trinajstić information content (AvgIpc) is 2.89. The summed E-state index contributed by atoms with van der Waals surface area (Å²) >= 11 is 5.01. The number of aromatic nitrogens is 1. The van der Waals surface area contributed by atoms with Gasteiger partial charge in [0.1, 0.15) is 5.82 Å². The summed E-state index contributed by atoms with van der Waals surface area (Å²) in [6.07, 6.45) is 1.63. The fraction of sp³-hybridized carbons (Fsp3) is 0.0385. The van der Waals surface area contributed by atoms with Crippen LogP contribution < -0.4 is 15.7 Å². The maximum atomic E-state index is 13.0. The van der Waals surface area contributed by atoms with E-state index >= 15 is 0 Å². The highest BCUT2D eigenvalue weighted by molar-refractivity contribution is 9.10. The number of halogens is 1. The summed E-state index contributed by atoms with van der Waals surface area (Å²) < 4.78 is 0.834. The van der Waals surface area contributed by atoms with Crippen LogP contribution in [0.5, 0.6) is 0 Å². The van der Waals surface area contributed by atoms with Gasteiger partial charge in [-0.1, -0.05) is 36.0 Å². The van der Waals surface area contributed by atoms with Crippen LogP contribution in [0.4, 0.5) is 17.2 Å². The summed E-state index contributed by atoms with van der Waals surface area (Å²) in [5.74, 6) is -0.331. The van der Waals surface area contributed by atoms with Gasteiger partial charge in [-0.05, 0) is 76.1 Å². The van der Waals surface area contributed by atoms with E-state index in [0.717, 1.165) is 31.2 Å². The van der Waals surface area contributed by atoms with Crippen molar-refractivity contribution in [3.63, 3.8) is 0 Å². The van der Waals surface area contributed by atoms with E-state index in [9.17, 15) is 9.59 Å². The first-order chi connectivity index (χ1) is 17.0. The van der Waals surface area contributed by atoms with Crippen molar-refractivity contribution < 1.29 is 14.8 Å². The molecule has 3 aromatic carbocycles. The molecule has 0 saturated heterocycles. The van der Waals surface area contributed by atoms with Crippen molar-refractivity contribution in [3.8, 4) is 0 Å². The van der Waals surface area contributed by atoms with Crippen LogP contribution in [0.15, 0.2) is 99.3 Å². The number of benzene rings is 3. The van der Waals surface area contributed by atoms with Crippen molar-refractivity contribution >= 4 is 56.7 Å². The Labute approximate surface area is 214 Å². The van der Waals surface area contributed by atoms with E-state index in [4.69, 9.17) is 5.21 Å². The molecule has 1 aliphatic heterocycles. The Kier molecular flexibility index (Phi) is 6.54. The van der Waals surface area contributed by atoms with Gasteiger partial charge < -0.3 is 10.2 Å². The topological polar surface area (TPSA) is 94.6 Å². The molecule has 0 atom stereocenters. The van der Waals surface area contributed by atoms with Gasteiger partial charge in [0.2, 0.25) is 0 Å². The fourth-order valence-corrected chi connectivity index (χ4v) is 5.10. The van der Waals surface area contributed by atoms with E-state index in [0.29, 0.717) is 23.5 Å². The molecule has 0 unspecified atom stereocenters. The molecule has 4 aromatic rings. The van der Waals surface area contributed by atoms with Gasteiger partial charge >= 0.3 is 0 Å². The van der Waals surface area contributed by atoms with Crippen LogP contribution in [0, 0.1) is 0 Å². The van der Waals surface area contributed by atoms with Gasteiger partial charge in [0.05, 0.1) is 11.4 Å². The third-order valence-electron chi connectivity index (χ3n) is 5.52. The summed E-state index contributed by atoms with van der Waals surface area (Å²) in [6.45, 7) is 0.533. The maximum Gasteiger partial charge on any atom is 0.274 e. The predicted octanol–water partition coefficient (Wildman–Crippen LogP) is 6.02. The number of rotatable bonds is 5. The number of carbonyl (C=O) groups is 2. The average molecular weight is 547 g/mol. The Morgan fingerprint density at radius 3 is 2.37 bits per heavy atom. The summed E-state index contributed by atoms with van der Waals surface area (Å²) in [7, 11) is 0. The zero-order chi connectivity index (χ0) is 24.4. The minimum Gasteiger partial charge on any atom is -0.335 e. The zero-order valence-electron chi connectivity index (χ0n) is 18.2. The Hall–Kier alpha value is -3.66. The molecular formula is C26H19BrN4O3S. The van der Waals surface area contributed by atoms with Crippen molar-refractivity contribution in [3.05, 3.63) is 106 Å². The summed E-state index contributed by atoms with van der Waals surface area (Å²) in [5.41, 5.74) is 5.47. The standard InChI is InChI=1S/C26H19BrN4O3S/c27-19-10-12-24(28-14-19)29-25(32)18-9-11-23-21(13-18)31(20-3-1-2-4-22(20)35-23)15-16-5-7-17(8-6-16)26(33)30-34/h1-14,34H,15H2,(H,30,33)(H,28,29,32). The highest BCUT2D eigenvalue weighted by Gasteiger charge is 2.25. The number of carbonyl (C=O) groups excluding carboxylic acids is 2. The normalized spacial score (nSPS) is 11.9. The quantitative estimate of drug-likeness (QED) is 0.209. The third-order valence-corrected chi connectivity index (χ3v) is 7.11. The van der Waals surface area contributed by atoms with Crippen molar-refractivity contribution in [2.75, 3.05) is 10.2 Å². The highest BCUT2D eigenvalue weighted by atomic mass is 79.9. The molecule has 0 bridgehead atoms. The molecule has 2 amide bonds. The van der Waals surface area contributed by atoms with E-state index in [1.165, 1.54) is 0 Å². The van der Waals surface area contributed by atoms with Crippen molar-refractivity contribution in [1.82, 2.24) is 10.5 Å². The smallest absolute Gasteiger partial charge is 0.274 e. The summed E-state index contributed by atoms with van der Waals surface area (Å²) in [6, 6.07) is 24.4.